The number of aryl methyl sites for hydroxylation is 1. The highest BCUT2D eigenvalue weighted by Crippen LogP contribution is 2.43. The normalized spacial score (nSPS) is 26.8. The average Bonchev–Trinajstić information content (AvgIpc) is 3.22. The Balaban J connectivity index is 1.41. The van der Waals surface area contributed by atoms with Gasteiger partial charge >= 0.3 is 0 Å². The molecule has 0 radical (unpaired) electrons. The Morgan fingerprint density at radius 1 is 1.26 bits per heavy atom. The van der Waals surface area contributed by atoms with E-state index in [0.717, 1.165) is 18.4 Å². The van der Waals surface area contributed by atoms with Crippen LogP contribution >= 0.6 is 0 Å². The molecule has 3 heterocycles. The molecule has 1 N–H and O–H groups in total. The SMILES string of the molecule is CCc1ccc(S(=O)(=O)N2CC[C@]3(CC[C@H](C(=O)Nc4cccnc4)O3)[C@@H](C)C2)cc1. The summed E-state index contributed by atoms with van der Waals surface area (Å²) in [5.41, 5.74) is 1.29. The highest BCUT2D eigenvalue weighted by Gasteiger charge is 2.50. The van der Waals surface area contributed by atoms with Crippen molar-refractivity contribution in [3.63, 3.8) is 0 Å². The number of rotatable bonds is 5. The van der Waals surface area contributed by atoms with Gasteiger partial charge in [-0.2, -0.15) is 4.31 Å². The van der Waals surface area contributed by atoms with Gasteiger partial charge in [-0.05, 0) is 61.4 Å². The Hall–Kier alpha value is -2.29. The maximum atomic E-state index is 13.1. The predicted molar refractivity (Wildman–Crippen MR) is 118 cm³/mol. The molecule has 31 heavy (non-hydrogen) atoms. The van der Waals surface area contributed by atoms with E-state index in [9.17, 15) is 13.2 Å². The molecular formula is C23H29N3O4S. The highest BCUT2D eigenvalue weighted by atomic mass is 32.2. The van der Waals surface area contributed by atoms with Crippen molar-refractivity contribution in [2.24, 2.45) is 5.92 Å². The number of ether oxygens (including phenoxy) is 1. The zero-order valence-electron chi connectivity index (χ0n) is 18.0. The smallest absolute Gasteiger partial charge is 0.253 e. The first-order valence-electron chi connectivity index (χ1n) is 10.8. The van der Waals surface area contributed by atoms with Gasteiger partial charge < -0.3 is 10.1 Å². The van der Waals surface area contributed by atoms with Gasteiger partial charge in [0.2, 0.25) is 10.0 Å². The summed E-state index contributed by atoms with van der Waals surface area (Å²) >= 11 is 0. The van der Waals surface area contributed by atoms with Gasteiger partial charge in [0.1, 0.15) is 6.10 Å². The first-order chi connectivity index (χ1) is 14.8. The molecule has 1 amide bonds. The second-order valence-corrected chi connectivity index (χ2v) is 10.4. The lowest BCUT2D eigenvalue weighted by molar-refractivity contribution is -0.140. The predicted octanol–water partition coefficient (Wildman–Crippen LogP) is 3.23. The number of pyridine rings is 1. The Morgan fingerprint density at radius 3 is 2.68 bits per heavy atom. The number of carbonyl (C=O) groups is 1. The van der Waals surface area contributed by atoms with Crippen LogP contribution < -0.4 is 5.32 Å². The zero-order valence-corrected chi connectivity index (χ0v) is 18.8. The molecule has 1 aromatic carbocycles. The van der Waals surface area contributed by atoms with Gasteiger partial charge in [0.05, 0.1) is 22.4 Å². The Kier molecular flexibility index (Phi) is 6.14. The van der Waals surface area contributed by atoms with Crippen LogP contribution in [0.4, 0.5) is 5.69 Å². The van der Waals surface area contributed by atoms with Gasteiger partial charge in [0.25, 0.3) is 5.91 Å². The van der Waals surface area contributed by atoms with E-state index in [-0.39, 0.29) is 11.8 Å². The minimum atomic E-state index is -3.55. The lowest BCUT2D eigenvalue weighted by Gasteiger charge is -2.43. The van der Waals surface area contributed by atoms with Crippen molar-refractivity contribution in [3.8, 4) is 0 Å². The third kappa shape index (κ3) is 4.37. The number of aromatic nitrogens is 1. The fraction of sp³-hybridized carbons (Fsp3) is 0.478. The summed E-state index contributed by atoms with van der Waals surface area (Å²) in [5, 5.41) is 2.85. The van der Waals surface area contributed by atoms with Crippen LogP contribution in [0.1, 0.15) is 38.7 Å². The van der Waals surface area contributed by atoms with E-state index < -0.39 is 21.7 Å². The number of hydrogen-bond donors (Lipinski definition) is 1. The molecule has 7 nitrogen and oxygen atoms in total. The molecule has 1 spiro atoms. The first-order valence-corrected chi connectivity index (χ1v) is 12.3. The van der Waals surface area contributed by atoms with Crippen LogP contribution in [-0.2, 0) is 26.0 Å². The molecule has 8 heteroatoms. The first kappa shape index (κ1) is 21.9. The van der Waals surface area contributed by atoms with Gasteiger partial charge in [-0.3, -0.25) is 9.78 Å². The molecule has 0 saturated carbocycles. The third-order valence-electron chi connectivity index (χ3n) is 6.56. The second kappa shape index (κ2) is 8.68. The number of nitrogens with one attached hydrogen (secondary N) is 1. The maximum Gasteiger partial charge on any atom is 0.253 e. The molecule has 0 bridgehead atoms. The van der Waals surface area contributed by atoms with Crippen molar-refractivity contribution in [2.75, 3.05) is 18.4 Å². The van der Waals surface area contributed by atoms with E-state index >= 15 is 0 Å². The number of hydrogen-bond acceptors (Lipinski definition) is 5. The summed E-state index contributed by atoms with van der Waals surface area (Å²) in [6.07, 6.45) is 5.54. The summed E-state index contributed by atoms with van der Waals surface area (Å²) in [6, 6.07) is 10.7. The zero-order chi connectivity index (χ0) is 22.1. The average molecular weight is 444 g/mol. The van der Waals surface area contributed by atoms with Gasteiger partial charge in [0.15, 0.2) is 0 Å². The van der Waals surface area contributed by atoms with Crippen molar-refractivity contribution in [2.45, 2.75) is 56.1 Å². The van der Waals surface area contributed by atoms with Crippen LogP contribution in [0, 0.1) is 5.92 Å². The van der Waals surface area contributed by atoms with Crippen molar-refractivity contribution >= 4 is 21.6 Å². The number of amides is 1. The largest absolute Gasteiger partial charge is 0.362 e. The molecule has 1 aromatic heterocycles. The number of sulfonamides is 1. The number of nitrogens with zero attached hydrogens (tertiary/aromatic N) is 2. The van der Waals surface area contributed by atoms with E-state index in [0.29, 0.717) is 36.5 Å². The Morgan fingerprint density at radius 2 is 2.03 bits per heavy atom. The molecule has 2 aromatic rings. The number of carbonyl (C=O) groups excluding carboxylic acids is 1. The van der Waals surface area contributed by atoms with Crippen LogP contribution in [-0.4, -0.2) is 48.4 Å². The number of benzene rings is 1. The number of anilines is 1. The molecule has 2 saturated heterocycles. The summed E-state index contributed by atoms with van der Waals surface area (Å²) in [4.78, 5) is 17.0. The lowest BCUT2D eigenvalue weighted by atomic mass is 9.81. The fourth-order valence-corrected chi connectivity index (χ4v) is 6.08. The Labute approximate surface area is 183 Å². The highest BCUT2D eigenvalue weighted by molar-refractivity contribution is 7.89. The van der Waals surface area contributed by atoms with Crippen molar-refractivity contribution in [3.05, 3.63) is 54.4 Å². The quantitative estimate of drug-likeness (QED) is 0.766. The molecule has 0 aliphatic carbocycles. The van der Waals surface area contributed by atoms with Gasteiger partial charge in [0, 0.05) is 19.3 Å². The van der Waals surface area contributed by atoms with Gasteiger partial charge in [-0.15, -0.1) is 0 Å². The van der Waals surface area contributed by atoms with E-state index in [1.54, 1.807) is 41.0 Å². The van der Waals surface area contributed by atoms with E-state index in [2.05, 4.69) is 10.3 Å². The summed E-state index contributed by atoms with van der Waals surface area (Å²) in [6.45, 7) is 4.83. The van der Waals surface area contributed by atoms with Crippen molar-refractivity contribution < 1.29 is 17.9 Å². The van der Waals surface area contributed by atoms with Gasteiger partial charge in [-0.1, -0.05) is 26.0 Å². The van der Waals surface area contributed by atoms with Crippen LogP contribution in [0.3, 0.4) is 0 Å². The van der Waals surface area contributed by atoms with Crippen molar-refractivity contribution in [1.82, 2.24) is 9.29 Å². The minimum absolute atomic E-state index is 0.0119. The fourth-order valence-electron chi connectivity index (χ4n) is 4.56. The van der Waals surface area contributed by atoms with E-state index in [1.807, 2.05) is 26.0 Å². The molecule has 166 valence electrons. The van der Waals surface area contributed by atoms with Crippen LogP contribution in [0.2, 0.25) is 0 Å². The molecule has 0 unspecified atom stereocenters. The maximum absolute atomic E-state index is 13.1. The number of piperidine rings is 1. The van der Waals surface area contributed by atoms with E-state index in [1.165, 1.54) is 0 Å². The molecule has 2 aliphatic heterocycles. The monoisotopic (exact) mass is 443 g/mol. The molecule has 4 rings (SSSR count). The second-order valence-electron chi connectivity index (χ2n) is 8.45. The molecule has 2 aliphatic rings. The molecule has 2 fully saturated rings. The molecule has 3 atom stereocenters. The van der Waals surface area contributed by atoms with Crippen LogP contribution in [0.5, 0.6) is 0 Å². The minimum Gasteiger partial charge on any atom is -0.362 e. The third-order valence-corrected chi connectivity index (χ3v) is 8.44. The van der Waals surface area contributed by atoms with E-state index in [4.69, 9.17) is 4.74 Å². The summed E-state index contributed by atoms with van der Waals surface area (Å²) < 4.78 is 34.1. The Bertz CT molecular complexity index is 1030. The van der Waals surface area contributed by atoms with Crippen LogP contribution in [0.25, 0.3) is 0 Å². The van der Waals surface area contributed by atoms with Gasteiger partial charge in [-0.25, -0.2) is 8.42 Å². The van der Waals surface area contributed by atoms with Crippen LogP contribution in [0.15, 0.2) is 53.7 Å². The standard InChI is InChI=1S/C23H29N3O4S/c1-3-18-6-8-20(9-7-18)31(28,29)26-14-12-23(17(2)16-26)11-10-21(30-23)22(27)25-19-5-4-13-24-15-19/h4-9,13,15,17,21H,3,10-12,14,16H2,1-2H3,(H,25,27)/t17-,21+,23+/m0/s1. The van der Waals surface area contributed by atoms with Crippen molar-refractivity contribution in [1.29, 1.82) is 0 Å². The summed E-state index contributed by atoms with van der Waals surface area (Å²) in [5.74, 6) is -0.190. The molecular weight excluding hydrogens is 414 g/mol. The topological polar surface area (TPSA) is 88.6 Å². The summed E-state index contributed by atoms with van der Waals surface area (Å²) in [7, 11) is -3.55. The lowest BCUT2D eigenvalue weighted by Crippen LogP contribution is -2.52.